The molecule has 2 aliphatic carbocycles. The van der Waals surface area contributed by atoms with Crippen LogP contribution in [0.25, 0.3) is 0 Å². The minimum absolute atomic E-state index is 0.0523. The van der Waals surface area contributed by atoms with E-state index in [4.69, 9.17) is 18.9 Å². The number of nitrogens with zero attached hydrogens (tertiary/aromatic N) is 2. The summed E-state index contributed by atoms with van der Waals surface area (Å²) in [6.45, 7) is 6.90. The van der Waals surface area contributed by atoms with Gasteiger partial charge in [0.1, 0.15) is 19.5 Å². The smallest absolute Gasteiger partial charge is 0.313 e. The highest BCUT2D eigenvalue weighted by Gasteiger charge is 2.49. The summed E-state index contributed by atoms with van der Waals surface area (Å²) >= 11 is 0. The number of likely N-dealkylation sites (tertiary alicyclic amines) is 2. The second-order valence-corrected chi connectivity index (χ2v) is 15.9. The molecule has 1 N–H and O–H groups in total. The Balaban J connectivity index is 0.000000201. The highest BCUT2D eigenvalue weighted by atomic mass is 16.5. The molecule has 0 atom stereocenters. The number of carbonyl (C=O) groups excluding carboxylic acids is 3. The van der Waals surface area contributed by atoms with Crippen molar-refractivity contribution in [2.45, 2.75) is 77.4 Å². The Morgan fingerprint density at radius 2 is 1.08 bits per heavy atom. The van der Waals surface area contributed by atoms with E-state index in [0.29, 0.717) is 26.4 Å². The Bertz CT molecular complexity index is 1400. The van der Waals surface area contributed by atoms with Gasteiger partial charge in [-0.3, -0.25) is 9.59 Å². The summed E-state index contributed by atoms with van der Waals surface area (Å²) in [5.74, 6) is -0.125. The third kappa shape index (κ3) is 10.1. The summed E-state index contributed by atoms with van der Waals surface area (Å²) in [6.07, 6.45) is 10.3. The van der Waals surface area contributed by atoms with E-state index < -0.39 is 0 Å². The lowest BCUT2D eigenvalue weighted by Crippen LogP contribution is -2.52. The van der Waals surface area contributed by atoms with Gasteiger partial charge in [-0.2, -0.15) is 0 Å². The highest BCUT2D eigenvalue weighted by molar-refractivity contribution is 5.78. The number of methoxy groups -OCH3 is 2. The fourth-order valence-electron chi connectivity index (χ4n) is 8.25. The average molecular weight is 721 g/mol. The van der Waals surface area contributed by atoms with Crippen LogP contribution in [-0.4, -0.2) is 106 Å². The molecule has 0 spiro atoms. The van der Waals surface area contributed by atoms with Crippen LogP contribution in [0.3, 0.4) is 0 Å². The number of piperidine rings is 2. The SMILES string of the molecule is COCC1(C=O)CCN(CC2(C(=O)OCc3ccccc3)CCC2)CC1.COCC1(CO)CCN(CC2(C(=O)OCc3ccccc3)CCC2)CC1. The zero-order valence-electron chi connectivity index (χ0n) is 31.4. The van der Waals surface area contributed by atoms with Crippen LogP contribution in [0.15, 0.2) is 60.7 Å². The number of carbonyl (C=O) groups is 3. The molecule has 0 aromatic heterocycles. The zero-order chi connectivity index (χ0) is 36.9. The molecule has 0 unspecified atom stereocenters. The van der Waals surface area contributed by atoms with E-state index in [9.17, 15) is 19.5 Å². The van der Waals surface area contributed by atoms with Gasteiger partial charge < -0.3 is 38.6 Å². The fraction of sp³-hybridized carbons (Fsp3) is 0.643. The lowest BCUT2D eigenvalue weighted by atomic mass is 9.68. The van der Waals surface area contributed by atoms with Crippen LogP contribution < -0.4 is 0 Å². The van der Waals surface area contributed by atoms with Crippen molar-refractivity contribution >= 4 is 18.2 Å². The molecule has 6 rings (SSSR count). The van der Waals surface area contributed by atoms with Gasteiger partial charge in [0.15, 0.2) is 0 Å². The van der Waals surface area contributed by atoms with E-state index >= 15 is 0 Å². The first kappa shape index (κ1) is 40.0. The monoisotopic (exact) mass is 720 g/mol. The predicted molar refractivity (Wildman–Crippen MR) is 198 cm³/mol. The molecule has 0 bridgehead atoms. The van der Waals surface area contributed by atoms with Gasteiger partial charge in [-0.1, -0.05) is 73.5 Å². The van der Waals surface area contributed by atoms with Gasteiger partial charge in [0, 0.05) is 32.7 Å². The molecule has 286 valence electrons. The van der Waals surface area contributed by atoms with Gasteiger partial charge in [-0.25, -0.2) is 0 Å². The lowest BCUT2D eigenvalue weighted by Gasteiger charge is -2.46. The molecular weight excluding hydrogens is 660 g/mol. The number of hydrogen-bond donors (Lipinski definition) is 1. The van der Waals surface area contributed by atoms with E-state index in [1.165, 1.54) is 0 Å². The molecule has 0 radical (unpaired) electrons. The standard InChI is InChI=1S/C21H31NO4.C21H29NO4/c2*1-25-17-20(16-23)10-12-22(13-11-20)15-21(8-5-9-21)19(24)26-14-18-6-3-2-4-7-18/h2-4,6-7,23H,5,8-17H2,1H3;2-4,6-7,16H,5,8-15,17H2,1H3. The summed E-state index contributed by atoms with van der Waals surface area (Å²) in [5, 5.41) is 9.74. The Morgan fingerprint density at radius 1 is 0.654 bits per heavy atom. The van der Waals surface area contributed by atoms with Crippen molar-refractivity contribution in [3.05, 3.63) is 71.8 Å². The minimum atomic E-state index is -0.364. The van der Waals surface area contributed by atoms with Crippen LogP contribution in [0.5, 0.6) is 0 Å². The van der Waals surface area contributed by atoms with Crippen molar-refractivity contribution in [3.63, 3.8) is 0 Å². The number of hydrogen-bond acceptors (Lipinski definition) is 10. The van der Waals surface area contributed by atoms with Crippen LogP contribution in [0, 0.1) is 21.7 Å². The number of aliphatic hydroxyl groups is 1. The Labute approximate surface area is 310 Å². The van der Waals surface area contributed by atoms with Crippen molar-refractivity contribution in [3.8, 4) is 0 Å². The van der Waals surface area contributed by atoms with Gasteiger partial charge >= 0.3 is 11.9 Å². The van der Waals surface area contributed by atoms with Crippen LogP contribution in [0.1, 0.15) is 75.3 Å². The highest BCUT2D eigenvalue weighted by Crippen LogP contribution is 2.45. The number of aldehydes is 1. The summed E-state index contributed by atoms with van der Waals surface area (Å²) in [5.41, 5.74) is 0.869. The maximum absolute atomic E-state index is 12.8. The maximum Gasteiger partial charge on any atom is 0.313 e. The molecule has 4 aliphatic rings. The number of benzene rings is 2. The van der Waals surface area contributed by atoms with Crippen molar-refractivity contribution in [1.82, 2.24) is 9.80 Å². The minimum Gasteiger partial charge on any atom is -0.460 e. The number of esters is 2. The zero-order valence-corrected chi connectivity index (χ0v) is 31.4. The molecule has 2 saturated carbocycles. The van der Waals surface area contributed by atoms with E-state index in [1.54, 1.807) is 14.2 Å². The van der Waals surface area contributed by atoms with E-state index in [1.807, 2.05) is 60.7 Å². The van der Waals surface area contributed by atoms with Gasteiger partial charge in [0.05, 0.1) is 36.1 Å². The molecule has 4 fully saturated rings. The molecule has 52 heavy (non-hydrogen) atoms. The molecular formula is C42H60N2O8. The van der Waals surface area contributed by atoms with Crippen molar-refractivity contribution in [1.29, 1.82) is 0 Å². The van der Waals surface area contributed by atoms with Crippen LogP contribution in [0.4, 0.5) is 0 Å². The predicted octanol–water partition coefficient (Wildman–Crippen LogP) is 5.45. The molecule has 2 aromatic carbocycles. The van der Waals surface area contributed by atoms with E-state index in [-0.39, 0.29) is 40.2 Å². The number of rotatable bonds is 16. The summed E-state index contributed by atoms with van der Waals surface area (Å²) in [4.78, 5) is 41.7. The average Bonchev–Trinajstić information content (AvgIpc) is 3.15. The molecule has 2 aromatic rings. The summed E-state index contributed by atoms with van der Waals surface area (Å²) in [6, 6.07) is 19.7. The van der Waals surface area contributed by atoms with Crippen molar-refractivity contribution in [2.75, 3.05) is 73.3 Å². The van der Waals surface area contributed by atoms with E-state index in [0.717, 1.165) is 121 Å². The van der Waals surface area contributed by atoms with Crippen molar-refractivity contribution < 1.29 is 38.4 Å². The second kappa shape index (κ2) is 18.7. The van der Waals surface area contributed by atoms with Crippen LogP contribution in [-0.2, 0) is 46.5 Å². The number of ether oxygens (including phenoxy) is 4. The largest absolute Gasteiger partial charge is 0.460 e. The number of aliphatic hydroxyl groups excluding tert-OH is 1. The first-order chi connectivity index (χ1) is 25.2. The topological polar surface area (TPSA) is 115 Å². The van der Waals surface area contributed by atoms with Gasteiger partial charge in [0.25, 0.3) is 0 Å². The first-order valence-electron chi connectivity index (χ1n) is 19.2. The van der Waals surface area contributed by atoms with Gasteiger partial charge in [-0.05, 0) is 88.7 Å². The quantitative estimate of drug-likeness (QED) is 0.178. The molecule has 10 nitrogen and oxygen atoms in total. The van der Waals surface area contributed by atoms with Gasteiger partial charge in [0.2, 0.25) is 0 Å². The summed E-state index contributed by atoms with van der Waals surface area (Å²) < 4.78 is 21.8. The normalized spacial score (nSPS) is 21.7. The van der Waals surface area contributed by atoms with Crippen LogP contribution >= 0.6 is 0 Å². The van der Waals surface area contributed by atoms with Crippen molar-refractivity contribution in [2.24, 2.45) is 21.7 Å². The van der Waals surface area contributed by atoms with E-state index in [2.05, 4.69) is 9.80 Å². The Kier molecular flexibility index (Phi) is 14.4. The second-order valence-electron chi connectivity index (χ2n) is 15.9. The van der Waals surface area contributed by atoms with Crippen LogP contribution in [0.2, 0.25) is 0 Å². The maximum atomic E-state index is 12.8. The molecule has 0 amide bonds. The molecule has 2 aliphatic heterocycles. The third-order valence-corrected chi connectivity index (χ3v) is 12.2. The Morgan fingerprint density at radius 3 is 1.42 bits per heavy atom. The lowest BCUT2D eigenvalue weighted by molar-refractivity contribution is -0.166. The molecule has 10 heteroatoms. The molecule has 2 saturated heterocycles. The molecule has 2 heterocycles. The fourth-order valence-corrected chi connectivity index (χ4v) is 8.25. The third-order valence-electron chi connectivity index (χ3n) is 12.2. The summed E-state index contributed by atoms with van der Waals surface area (Å²) in [7, 11) is 3.33. The first-order valence-corrected chi connectivity index (χ1v) is 19.2. The van der Waals surface area contributed by atoms with Gasteiger partial charge in [-0.15, -0.1) is 0 Å². The Hall–Kier alpha value is -3.15.